The van der Waals surface area contributed by atoms with Gasteiger partial charge in [0.2, 0.25) is 6.23 Å². The van der Waals surface area contributed by atoms with E-state index in [9.17, 15) is 10.1 Å². The first-order valence-corrected chi connectivity index (χ1v) is 10.4. The Balaban J connectivity index is 1.63. The van der Waals surface area contributed by atoms with Crippen molar-refractivity contribution in [1.29, 1.82) is 0 Å². The molecule has 2 unspecified atom stereocenters. The molecular formula is C24H20ClN3O3. The first-order valence-electron chi connectivity index (χ1n) is 10.0. The number of ether oxygens (including phenoxy) is 1. The summed E-state index contributed by atoms with van der Waals surface area (Å²) in [5, 5.41) is 18.8. The number of non-ortho nitro benzene ring substituents is 1. The van der Waals surface area contributed by atoms with Crippen molar-refractivity contribution in [2.24, 2.45) is 5.10 Å². The van der Waals surface area contributed by atoms with E-state index in [4.69, 9.17) is 21.4 Å². The van der Waals surface area contributed by atoms with Crippen LogP contribution >= 0.6 is 11.6 Å². The number of aryl methyl sites for hydroxylation is 2. The van der Waals surface area contributed by atoms with E-state index in [1.807, 2.05) is 23.2 Å². The van der Waals surface area contributed by atoms with Crippen LogP contribution in [-0.4, -0.2) is 15.6 Å². The van der Waals surface area contributed by atoms with Crippen LogP contribution in [0.4, 0.5) is 5.69 Å². The lowest BCUT2D eigenvalue weighted by Gasteiger charge is -2.38. The fourth-order valence-electron chi connectivity index (χ4n) is 4.28. The third-order valence-electron chi connectivity index (χ3n) is 5.82. The van der Waals surface area contributed by atoms with Gasteiger partial charge in [-0.2, -0.15) is 5.10 Å². The van der Waals surface area contributed by atoms with E-state index in [0.29, 0.717) is 17.0 Å². The molecule has 0 spiro atoms. The Hall–Kier alpha value is -3.38. The molecule has 3 aromatic rings. The number of hydrogen-bond donors (Lipinski definition) is 0. The molecule has 0 saturated heterocycles. The van der Waals surface area contributed by atoms with Gasteiger partial charge in [0.15, 0.2) is 0 Å². The minimum Gasteiger partial charge on any atom is -0.464 e. The Kier molecular flexibility index (Phi) is 4.67. The van der Waals surface area contributed by atoms with Gasteiger partial charge in [-0.05, 0) is 43.7 Å². The fraction of sp³-hybridized carbons (Fsp3) is 0.208. The monoisotopic (exact) mass is 433 g/mol. The molecule has 0 aliphatic carbocycles. The number of hydrogen-bond acceptors (Lipinski definition) is 5. The SMILES string of the molecule is Cc1ccc(C)c(C2=NN3C(C2)c2cc(Cl)ccc2OC3c2cccc([N+](=O)[O-])c2)c1. The van der Waals surface area contributed by atoms with Crippen molar-refractivity contribution >= 4 is 23.0 Å². The first-order chi connectivity index (χ1) is 14.9. The summed E-state index contributed by atoms with van der Waals surface area (Å²) in [6, 6.07) is 18.4. The van der Waals surface area contributed by atoms with Crippen molar-refractivity contribution in [1.82, 2.24) is 5.01 Å². The molecule has 6 nitrogen and oxygen atoms in total. The summed E-state index contributed by atoms with van der Waals surface area (Å²) in [6.45, 7) is 4.14. The predicted molar refractivity (Wildman–Crippen MR) is 120 cm³/mol. The lowest BCUT2D eigenvalue weighted by Crippen LogP contribution is -2.33. The third-order valence-corrected chi connectivity index (χ3v) is 6.06. The summed E-state index contributed by atoms with van der Waals surface area (Å²) in [6.07, 6.45) is 0.132. The quantitative estimate of drug-likeness (QED) is 0.369. The van der Waals surface area contributed by atoms with E-state index in [1.165, 1.54) is 11.6 Å². The Labute approximate surface area is 184 Å². The molecule has 3 aromatic carbocycles. The van der Waals surface area contributed by atoms with Gasteiger partial charge in [0, 0.05) is 40.3 Å². The van der Waals surface area contributed by atoms with Crippen LogP contribution in [0.3, 0.4) is 0 Å². The second-order valence-corrected chi connectivity index (χ2v) is 8.41. The van der Waals surface area contributed by atoms with Crippen LogP contribution in [0.5, 0.6) is 5.75 Å². The minimum absolute atomic E-state index is 0.0254. The molecule has 5 rings (SSSR count). The summed E-state index contributed by atoms with van der Waals surface area (Å²) in [5.74, 6) is 0.722. The van der Waals surface area contributed by atoms with Gasteiger partial charge in [0.25, 0.3) is 5.69 Å². The van der Waals surface area contributed by atoms with Gasteiger partial charge in [-0.1, -0.05) is 41.4 Å². The average molecular weight is 434 g/mol. The molecule has 0 saturated carbocycles. The zero-order valence-corrected chi connectivity index (χ0v) is 17.8. The van der Waals surface area contributed by atoms with E-state index >= 15 is 0 Å². The van der Waals surface area contributed by atoms with Gasteiger partial charge in [-0.25, -0.2) is 5.01 Å². The number of nitro groups is 1. The van der Waals surface area contributed by atoms with Crippen LogP contribution in [0.2, 0.25) is 5.02 Å². The second-order valence-electron chi connectivity index (χ2n) is 7.97. The topological polar surface area (TPSA) is 68.0 Å². The summed E-state index contributed by atoms with van der Waals surface area (Å²) in [4.78, 5) is 10.9. The molecule has 31 heavy (non-hydrogen) atoms. The Bertz CT molecular complexity index is 1240. The number of nitro benzene ring substituents is 1. The molecule has 0 bridgehead atoms. The summed E-state index contributed by atoms with van der Waals surface area (Å²) in [5.41, 5.74) is 6.08. The molecule has 2 heterocycles. The van der Waals surface area contributed by atoms with Gasteiger partial charge in [0.05, 0.1) is 16.7 Å². The minimum atomic E-state index is -0.568. The van der Waals surface area contributed by atoms with Crippen molar-refractivity contribution in [2.45, 2.75) is 32.5 Å². The molecule has 7 heteroatoms. The van der Waals surface area contributed by atoms with Gasteiger partial charge in [-0.3, -0.25) is 10.1 Å². The highest BCUT2D eigenvalue weighted by Crippen LogP contribution is 2.48. The number of rotatable bonds is 3. The van der Waals surface area contributed by atoms with Crippen LogP contribution < -0.4 is 4.74 Å². The van der Waals surface area contributed by atoms with Crippen molar-refractivity contribution < 1.29 is 9.66 Å². The third kappa shape index (κ3) is 3.43. The van der Waals surface area contributed by atoms with Crippen molar-refractivity contribution in [3.63, 3.8) is 0 Å². The molecule has 2 aliphatic heterocycles. The number of fused-ring (bicyclic) bond motifs is 3. The van der Waals surface area contributed by atoms with Crippen molar-refractivity contribution in [3.8, 4) is 5.75 Å². The van der Waals surface area contributed by atoms with E-state index in [1.54, 1.807) is 18.2 Å². The summed E-state index contributed by atoms with van der Waals surface area (Å²) >= 11 is 6.29. The van der Waals surface area contributed by atoms with Crippen molar-refractivity contribution in [3.05, 3.63) is 104 Å². The van der Waals surface area contributed by atoms with E-state index in [-0.39, 0.29) is 11.7 Å². The Morgan fingerprint density at radius 2 is 1.97 bits per heavy atom. The van der Waals surface area contributed by atoms with Gasteiger partial charge in [-0.15, -0.1) is 0 Å². The first kappa shape index (κ1) is 19.6. The molecule has 2 aliphatic rings. The average Bonchev–Trinajstić information content (AvgIpc) is 3.20. The molecule has 0 amide bonds. The Morgan fingerprint density at radius 3 is 2.77 bits per heavy atom. The number of halogens is 1. The molecule has 156 valence electrons. The smallest absolute Gasteiger partial charge is 0.269 e. The largest absolute Gasteiger partial charge is 0.464 e. The molecule has 0 N–H and O–H groups in total. The highest BCUT2D eigenvalue weighted by Gasteiger charge is 2.41. The highest BCUT2D eigenvalue weighted by molar-refractivity contribution is 6.30. The molecule has 2 atom stereocenters. The maximum Gasteiger partial charge on any atom is 0.269 e. The van der Waals surface area contributed by atoms with Gasteiger partial charge in [0.1, 0.15) is 5.75 Å². The fourth-order valence-corrected chi connectivity index (χ4v) is 4.46. The Morgan fingerprint density at radius 1 is 1.13 bits per heavy atom. The number of hydrazone groups is 1. The van der Waals surface area contributed by atoms with Crippen LogP contribution in [0.25, 0.3) is 0 Å². The van der Waals surface area contributed by atoms with E-state index < -0.39 is 11.2 Å². The standard InChI is InChI=1S/C24H20ClN3O3/c1-14-6-7-15(2)19(10-14)21-13-22-20-12-17(25)8-9-23(20)31-24(27(22)26-21)16-4-3-5-18(11-16)28(29)30/h3-12,22,24H,13H2,1-2H3. The molecule has 0 radical (unpaired) electrons. The lowest BCUT2D eigenvalue weighted by molar-refractivity contribution is -0.385. The summed E-state index contributed by atoms with van der Waals surface area (Å²) in [7, 11) is 0. The second kappa shape index (κ2) is 7.39. The van der Waals surface area contributed by atoms with Crippen LogP contribution in [-0.2, 0) is 0 Å². The maximum absolute atomic E-state index is 11.3. The number of benzene rings is 3. The highest BCUT2D eigenvalue weighted by atomic mass is 35.5. The summed E-state index contributed by atoms with van der Waals surface area (Å²) < 4.78 is 6.30. The molecular weight excluding hydrogens is 414 g/mol. The molecule has 0 fully saturated rings. The maximum atomic E-state index is 11.3. The van der Waals surface area contributed by atoms with Crippen LogP contribution in [0, 0.1) is 24.0 Å². The van der Waals surface area contributed by atoms with Gasteiger partial charge >= 0.3 is 0 Å². The predicted octanol–water partition coefficient (Wildman–Crippen LogP) is 6.11. The van der Waals surface area contributed by atoms with Crippen LogP contribution in [0.1, 0.15) is 46.5 Å². The van der Waals surface area contributed by atoms with Crippen LogP contribution in [0.15, 0.2) is 65.8 Å². The van der Waals surface area contributed by atoms with Crippen molar-refractivity contribution in [2.75, 3.05) is 0 Å². The zero-order valence-electron chi connectivity index (χ0n) is 17.1. The lowest BCUT2D eigenvalue weighted by atomic mass is 9.93. The number of nitrogens with zero attached hydrogens (tertiary/aromatic N) is 3. The van der Waals surface area contributed by atoms with E-state index in [2.05, 4.69) is 32.0 Å². The van der Waals surface area contributed by atoms with E-state index in [0.717, 1.165) is 28.2 Å². The normalized spacial score (nSPS) is 19.3. The van der Waals surface area contributed by atoms with Gasteiger partial charge < -0.3 is 4.74 Å². The molecule has 0 aromatic heterocycles. The zero-order chi connectivity index (χ0) is 21.7.